The van der Waals surface area contributed by atoms with Gasteiger partial charge >= 0.3 is 0 Å². The fourth-order valence-electron chi connectivity index (χ4n) is 3.26. The van der Waals surface area contributed by atoms with Gasteiger partial charge in [-0.25, -0.2) is 9.37 Å². The fourth-order valence-corrected chi connectivity index (χ4v) is 3.26. The third kappa shape index (κ3) is 2.98. The Bertz CT molecular complexity index is 789. The summed E-state index contributed by atoms with van der Waals surface area (Å²) in [6.07, 6.45) is 6.95. The minimum atomic E-state index is -0.401. The molecule has 1 saturated carbocycles. The molecule has 2 aromatic rings. The van der Waals surface area contributed by atoms with E-state index in [0.29, 0.717) is 11.4 Å². The molecule has 1 aliphatic rings. The van der Waals surface area contributed by atoms with Crippen molar-refractivity contribution in [2.45, 2.75) is 27.7 Å². The molecule has 1 N–H and O–H groups in total. The molecule has 0 aliphatic heterocycles. The molecule has 126 valence electrons. The minimum absolute atomic E-state index is 0.0581. The normalized spacial score (nSPS) is 21.2. The van der Waals surface area contributed by atoms with Crippen molar-refractivity contribution in [3.8, 4) is 5.69 Å². The van der Waals surface area contributed by atoms with Crippen molar-refractivity contribution in [1.82, 2.24) is 9.55 Å². The van der Waals surface area contributed by atoms with Crippen molar-refractivity contribution in [3.05, 3.63) is 54.4 Å². The summed E-state index contributed by atoms with van der Waals surface area (Å²) in [7, 11) is 0. The summed E-state index contributed by atoms with van der Waals surface area (Å²) >= 11 is 0. The van der Waals surface area contributed by atoms with E-state index in [1.54, 1.807) is 29.1 Å². The Morgan fingerprint density at radius 2 is 2.12 bits per heavy atom. The summed E-state index contributed by atoms with van der Waals surface area (Å²) in [6.45, 7) is 8.25. The molecule has 0 spiro atoms. The molecule has 1 amide bonds. The topological polar surface area (TPSA) is 46.9 Å². The number of carbonyl (C=O) groups excluding carboxylic acids is 1. The molecule has 4 nitrogen and oxygen atoms in total. The van der Waals surface area contributed by atoms with Crippen LogP contribution in [-0.2, 0) is 4.79 Å². The number of carbonyl (C=O) groups is 1. The molecular weight excluding hydrogens is 305 g/mol. The number of hydrogen-bond donors (Lipinski definition) is 1. The van der Waals surface area contributed by atoms with E-state index < -0.39 is 5.82 Å². The Balaban J connectivity index is 1.74. The Hall–Kier alpha value is -2.43. The van der Waals surface area contributed by atoms with Crippen LogP contribution in [0.5, 0.6) is 0 Å². The second-order valence-electron chi connectivity index (χ2n) is 7.19. The monoisotopic (exact) mass is 327 g/mol. The SMILES string of the molecule is CC(C)=C[C@@H]1[C@@H](C(=O)Nc2ccc(-n3ccnc3)c(F)c2)C1(C)C. The van der Waals surface area contributed by atoms with Crippen LogP contribution in [0, 0.1) is 23.1 Å². The lowest BCUT2D eigenvalue weighted by Crippen LogP contribution is -2.17. The van der Waals surface area contributed by atoms with E-state index >= 15 is 0 Å². The summed E-state index contributed by atoms with van der Waals surface area (Å²) < 4.78 is 15.9. The van der Waals surface area contributed by atoms with Crippen LogP contribution in [0.2, 0.25) is 0 Å². The van der Waals surface area contributed by atoms with Crippen LogP contribution < -0.4 is 5.32 Å². The molecule has 0 bridgehead atoms. The lowest BCUT2D eigenvalue weighted by atomic mass is 10.1. The number of halogens is 1. The highest BCUT2D eigenvalue weighted by molar-refractivity contribution is 5.95. The maximum Gasteiger partial charge on any atom is 0.228 e. The van der Waals surface area contributed by atoms with E-state index in [-0.39, 0.29) is 23.2 Å². The number of aromatic nitrogens is 2. The number of allylic oxidation sites excluding steroid dienone is 2. The Morgan fingerprint density at radius 3 is 2.71 bits per heavy atom. The minimum Gasteiger partial charge on any atom is -0.326 e. The first-order chi connectivity index (χ1) is 11.3. The molecule has 3 rings (SSSR count). The van der Waals surface area contributed by atoms with E-state index in [4.69, 9.17) is 0 Å². The second-order valence-corrected chi connectivity index (χ2v) is 7.19. The number of nitrogens with zero attached hydrogens (tertiary/aromatic N) is 2. The molecule has 1 aliphatic carbocycles. The van der Waals surface area contributed by atoms with Crippen LogP contribution in [0.25, 0.3) is 5.69 Å². The van der Waals surface area contributed by atoms with Gasteiger partial charge in [-0.2, -0.15) is 0 Å². The van der Waals surface area contributed by atoms with Crippen LogP contribution in [0.15, 0.2) is 48.6 Å². The molecule has 24 heavy (non-hydrogen) atoms. The predicted molar refractivity (Wildman–Crippen MR) is 92.3 cm³/mol. The Kier molecular flexibility index (Phi) is 4.03. The maximum absolute atomic E-state index is 14.3. The van der Waals surface area contributed by atoms with Crippen LogP contribution >= 0.6 is 0 Å². The van der Waals surface area contributed by atoms with Gasteiger partial charge in [0.1, 0.15) is 5.82 Å². The van der Waals surface area contributed by atoms with E-state index in [2.05, 4.69) is 30.2 Å². The molecule has 1 aromatic heterocycles. The van der Waals surface area contributed by atoms with Gasteiger partial charge in [0, 0.05) is 18.1 Å². The van der Waals surface area contributed by atoms with Gasteiger partial charge in [-0.15, -0.1) is 0 Å². The lowest BCUT2D eigenvalue weighted by molar-refractivity contribution is -0.118. The summed E-state index contributed by atoms with van der Waals surface area (Å²) in [5.41, 5.74) is 2.02. The van der Waals surface area contributed by atoms with Gasteiger partial charge in [0.15, 0.2) is 0 Å². The zero-order chi connectivity index (χ0) is 17.5. The number of amides is 1. The molecule has 1 fully saturated rings. The third-order valence-electron chi connectivity index (χ3n) is 4.70. The van der Waals surface area contributed by atoms with Crippen LogP contribution in [0.1, 0.15) is 27.7 Å². The highest BCUT2D eigenvalue weighted by Gasteiger charge is 2.60. The highest BCUT2D eigenvalue weighted by Crippen LogP contribution is 2.59. The van der Waals surface area contributed by atoms with Gasteiger partial charge in [-0.1, -0.05) is 25.5 Å². The molecule has 0 radical (unpaired) electrons. The zero-order valence-electron chi connectivity index (χ0n) is 14.4. The molecule has 1 aromatic carbocycles. The summed E-state index contributed by atoms with van der Waals surface area (Å²) in [4.78, 5) is 16.4. The lowest BCUT2D eigenvalue weighted by Gasteiger charge is -2.09. The number of benzene rings is 1. The van der Waals surface area contributed by atoms with Gasteiger partial charge < -0.3 is 9.88 Å². The molecule has 0 unspecified atom stereocenters. The van der Waals surface area contributed by atoms with E-state index in [1.165, 1.54) is 18.0 Å². The Labute approximate surface area is 141 Å². The van der Waals surface area contributed by atoms with Crippen LogP contribution in [-0.4, -0.2) is 15.5 Å². The van der Waals surface area contributed by atoms with Gasteiger partial charge in [0.25, 0.3) is 0 Å². The fraction of sp³-hybridized carbons (Fsp3) is 0.368. The van der Waals surface area contributed by atoms with Gasteiger partial charge in [0.05, 0.1) is 17.9 Å². The first kappa shape index (κ1) is 16.4. The predicted octanol–water partition coefficient (Wildman–Crippen LogP) is 4.19. The van der Waals surface area contributed by atoms with Crippen molar-refractivity contribution in [2.24, 2.45) is 17.3 Å². The number of hydrogen-bond acceptors (Lipinski definition) is 2. The van der Waals surface area contributed by atoms with Crippen molar-refractivity contribution in [1.29, 1.82) is 0 Å². The van der Waals surface area contributed by atoms with Gasteiger partial charge in [0.2, 0.25) is 5.91 Å². The van der Waals surface area contributed by atoms with E-state index in [0.717, 1.165) is 0 Å². The first-order valence-corrected chi connectivity index (χ1v) is 8.04. The third-order valence-corrected chi connectivity index (χ3v) is 4.70. The molecule has 1 heterocycles. The summed E-state index contributed by atoms with van der Waals surface area (Å²) in [5, 5.41) is 2.84. The van der Waals surface area contributed by atoms with Crippen LogP contribution in [0.4, 0.5) is 10.1 Å². The number of nitrogens with one attached hydrogen (secondary N) is 1. The average molecular weight is 327 g/mol. The maximum atomic E-state index is 14.3. The van der Waals surface area contributed by atoms with Crippen LogP contribution in [0.3, 0.4) is 0 Å². The molecular formula is C19H22FN3O. The molecule has 2 atom stereocenters. The standard InChI is InChI=1S/C19H22FN3O/c1-12(2)9-14-17(19(14,3)4)18(24)22-13-5-6-16(15(20)10-13)23-8-7-21-11-23/h5-11,14,17H,1-4H3,(H,22,24)/t14-,17+/m1/s1. The van der Waals surface area contributed by atoms with Crippen molar-refractivity contribution < 1.29 is 9.18 Å². The van der Waals surface area contributed by atoms with E-state index in [9.17, 15) is 9.18 Å². The molecule has 0 saturated heterocycles. The summed E-state index contributed by atoms with van der Waals surface area (Å²) in [5.74, 6) is -0.305. The average Bonchev–Trinajstić information content (AvgIpc) is 2.88. The zero-order valence-corrected chi connectivity index (χ0v) is 14.4. The van der Waals surface area contributed by atoms with Gasteiger partial charge in [-0.05, 0) is 43.4 Å². The number of imidazole rings is 1. The Morgan fingerprint density at radius 1 is 1.38 bits per heavy atom. The second kappa shape index (κ2) is 5.89. The quantitative estimate of drug-likeness (QED) is 0.856. The smallest absolute Gasteiger partial charge is 0.228 e. The summed E-state index contributed by atoms with van der Waals surface area (Å²) in [6, 6.07) is 4.69. The van der Waals surface area contributed by atoms with Crippen molar-refractivity contribution in [3.63, 3.8) is 0 Å². The van der Waals surface area contributed by atoms with Crippen molar-refractivity contribution in [2.75, 3.05) is 5.32 Å². The largest absolute Gasteiger partial charge is 0.326 e. The van der Waals surface area contributed by atoms with Crippen molar-refractivity contribution >= 4 is 11.6 Å². The van der Waals surface area contributed by atoms with E-state index in [1.807, 2.05) is 13.8 Å². The first-order valence-electron chi connectivity index (χ1n) is 8.04. The number of rotatable bonds is 4. The number of anilines is 1. The van der Waals surface area contributed by atoms with Gasteiger partial charge in [-0.3, -0.25) is 4.79 Å². The highest BCUT2D eigenvalue weighted by atomic mass is 19.1. The molecule has 5 heteroatoms.